The molecule has 0 amide bonds. The van der Waals surface area contributed by atoms with Gasteiger partial charge in [0.15, 0.2) is 0 Å². The number of nitrogen functional groups attached to an aromatic ring is 1. The molecule has 7 nitrogen and oxygen atoms in total. The summed E-state index contributed by atoms with van der Waals surface area (Å²) in [4.78, 5) is 2.20. The Labute approximate surface area is 107 Å². The number of nitrogens with one attached hydrogen (secondary N) is 2. The molecule has 102 valence electrons. The third-order valence-electron chi connectivity index (χ3n) is 3.31. The zero-order valence-corrected chi connectivity index (χ0v) is 11.4. The molecule has 4 N–H and O–H groups in total. The Balaban J connectivity index is 1.95. The summed E-state index contributed by atoms with van der Waals surface area (Å²) in [5, 5.41) is 6.02. The molecule has 18 heavy (non-hydrogen) atoms. The Morgan fingerprint density at radius 2 is 2.33 bits per heavy atom. The van der Waals surface area contributed by atoms with E-state index in [-0.39, 0.29) is 16.8 Å². The Morgan fingerprint density at radius 1 is 1.67 bits per heavy atom. The van der Waals surface area contributed by atoms with Crippen molar-refractivity contribution in [2.24, 2.45) is 0 Å². The molecule has 1 aromatic heterocycles. The zero-order valence-electron chi connectivity index (χ0n) is 10.5. The molecule has 1 fully saturated rings. The number of hydrogen-bond acceptors (Lipinski definition) is 5. The highest BCUT2D eigenvalue weighted by molar-refractivity contribution is 7.89. The topological polar surface area (TPSA) is 104 Å². The molecule has 1 aliphatic rings. The SMILES string of the molecule is CC(CNS(=O)(=O)c1cn[nH]c1N)N(C)C1CC1. The number of nitrogens with zero attached hydrogens (tertiary/aromatic N) is 2. The van der Waals surface area contributed by atoms with Crippen LogP contribution in [0, 0.1) is 0 Å². The van der Waals surface area contributed by atoms with Crippen LogP contribution in [0.3, 0.4) is 0 Å². The van der Waals surface area contributed by atoms with E-state index in [9.17, 15) is 8.42 Å². The lowest BCUT2D eigenvalue weighted by atomic mass is 10.3. The van der Waals surface area contributed by atoms with Crippen LogP contribution in [-0.4, -0.2) is 49.2 Å². The highest BCUT2D eigenvalue weighted by atomic mass is 32.2. The molecule has 0 saturated heterocycles. The molecule has 1 saturated carbocycles. The summed E-state index contributed by atoms with van der Waals surface area (Å²) in [5.41, 5.74) is 5.50. The molecule has 0 aromatic carbocycles. The van der Waals surface area contributed by atoms with Gasteiger partial charge in [-0.3, -0.25) is 10.00 Å². The largest absolute Gasteiger partial charge is 0.383 e. The smallest absolute Gasteiger partial charge is 0.245 e. The van der Waals surface area contributed by atoms with Gasteiger partial charge in [0.25, 0.3) is 0 Å². The van der Waals surface area contributed by atoms with E-state index in [1.807, 2.05) is 14.0 Å². The van der Waals surface area contributed by atoms with E-state index < -0.39 is 10.0 Å². The second kappa shape index (κ2) is 4.87. The molecule has 0 radical (unpaired) electrons. The fourth-order valence-corrected chi connectivity index (χ4v) is 2.94. The van der Waals surface area contributed by atoms with Gasteiger partial charge in [0, 0.05) is 18.6 Å². The molecular weight excluding hydrogens is 254 g/mol. The Kier molecular flexibility index (Phi) is 3.60. The van der Waals surface area contributed by atoms with E-state index in [1.54, 1.807) is 0 Å². The molecule has 1 unspecified atom stereocenters. The number of rotatable bonds is 6. The third kappa shape index (κ3) is 2.82. The number of H-pyrrole nitrogens is 1. The van der Waals surface area contributed by atoms with Gasteiger partial charge in [-0.2, -0.15) is 5.10 Å². The van der Waals surface area contributed by atoms with E-state index in [2.05, 4.69) is 19.8 Å². The Bertz CT molecular complexity index is 508. The first kappa shape index (κ1) is 13.3. The van der Waals surface area contributed by atoms with Gasteiger partial charge >= 0.3 is 0 Å². The number of hydrogen-bond donors (Lipinski definition) is 3. The van der Waals surface area contributed by atoms with Crippen molar-refractivity contribution in [3.63, 3.8) is 0 Å². The standard InChI is InChI=1S/C10H19N5O2S/c1-7(15(2)8-3-4-8)5-13-18(16,17)9-6-12-14-10(9)11/h6-8,13H,3-5H2,1-2H3,(H3,11,12,14). The van der Waals surface area contributed by atoms with Crippen molar-refractivity contribution >= 4 is 15.8 Å². The number of likely N-dealkylation sites (N-methyl/N-ethyl adjacent to an activating group) is 1. The number of anilines is 1. The van der Waals surface area contributed by atoms with Crippen LogP contribution in [-0.2, 0) is 10.0 Å². The molecule has 1 heterocycles. The Morgan fingerprint density at radius 3 is 2.83 bits per heavy atom. The van der Waals surface area contributed by atoms with E-state index in [1.165, 1.54) is 19.0 Å². The normalized spacial score (nSPS) is 18.2. The van der Waals surface area contributed by atoms with Crippen LogP contribution in [0.5, 0.6) is 0 Å². The number of aromatic nitrogens is 2. The van der Waals surface area contributed by atoms with Crippen LogP contribution in [0.15, 0.2) is 11.1 Å². The maximum Gasteiger partial charge on any atom is 0.245 e. The zero-order chi connectivity index (χ0) is 13.3. The van der Waals surface area contributed by atoms with E-state index in [4.69, 9.17) is 5.73 Å². The summed E-state index contributed by atoms with van der Waals surface area (Å²) < 4.78 is 26.5. The molecule has 0 bridgehead atoms. The molecule has 0 aliphatic heterocycles. The monoisotopic (exact) mass is 273 g/mol. The van der Waals surface area contributed by atoms with Gasteiger partial charge in [-0.1, -0.05) is 0 Å². The van der Waals surface area contributed by atoms with Crippen LogP contribution >= 0.6 is 0 Å². The second-order valence-corrected chi connectivity index (χ2v) is 6.48. The minimum atomic E-state index is -3.58. The van der Waals surface area contributed by atoms with Crippen molar-refractivity contribution < 1.29 is 8.42 Å². The summed E-state index contributed by atoms with van der Waals surface area (Å²) in [6, 6.07) is 0.754. The van der Waals surface area contributed by atoms with E-state index in [0.29, 0.717) is 12.6 Å². The molecule has 8 heteroatoms. The van der Waals surface area contributed by atoms with E-state index >= 15 is 0 Å². The molecule has 1 aromatic rings. The Hall–Kier alpha value is -1.12. The first-order valence-corrected chi connectivity index (χ1v) is 7.40. The van der Waals surface area contributed by atoms with Crippen LogP contribution in [0.2, 0.25) is 0 Å². The van der Waals surface area contributed by atoms with E-state index in [0.717, 1.165) is 0 Å². The first-order chi connectivity index (χ1) is 8.42. The van der Waals surface area contributed by atoms with Crippen molar-refractivity contribution in [2.45, 2.75) is 36.7 Å². The maximum absolute atomic E-state index is 12.0. The van der Waals surface area contributed by atoms with Crippen molar-refractivity contribution in [2.75, 3.05) is 19.3 Å². The molecule has 1 aliphatic carbocycles. The second-order valence-electron chi connectivity index (χ2n) is 4.75. The van der Waals surface area contributed by atoms with Crippen molar-refractivity contribution in [1.82, 2.24) is 19.8 Å². The van der Waals surface area contributed by atoms with Gasteiger partial charge in [0.1, 0.15) is 10.7 Å². The van der Waals surface area contributed by atoms with Crippen LogP contribution in [0.4, 0.5) is 5.82 Å². The van der Waals surface area contributed by atoms with Crippen molar-refractivity contribution in [1.29, 1.82) is 0 Å². The fourth-order valence-electron chi connectivity index (χ4n) is 1.79. The lowest BCUT2D eigenvalue weighted by Crippen LogP contribution is -2.41. The lowest BCUT2D eigenvalue weighted by Gasteiger charge is -2.24. The number of sulfonamides is 1. The van der Waals surface area contributed by atoms with Crippen molar-refractivity contribution in [3.8, 4) is 0 Å². The quantitative estimate of drug-likeness (QED) is 0.663. The lowest BCUT2D eigenvalue weighted by molar-refractivity contribution is 0.248. The first-order valence-electron chi connectivity index (χ1n) is 5.92. The van der Waals surface area contributed by atoms with Gasteiger partial charge in [0.2, 0.25) is 10.0 Å². The highest BCUT2D eigenvalue weighted by Gasteiger charge is 2.30. The molecular formula is C10H19N5O2S. The number of nitrogens with two attached hydrogens (primary N) is 1. The maximum atomic E-state index is 12.0. The fraction of sp³-hybridized carbons (Fsp3) is 0.700. The summed E-state index contributed by atoms with van der Waals surface area (Å²) in [6.45, 7) is 2.36. The molecule has 2 rings (SSSR count). The molecule has 1 atom stereocenters. The van der Waals surface area contributed by atoms with Gasteiger partial charge in [-0.05, 0) is 26.8 Å². The summed E-state index contributed by atoms with van der Waals surface area (Å²) in [6.07, 6.45) is 3.61. The summed E-state index contributed by atoms with van der Waals surface area (Å²) in [7, 11) is -1.56. The minimum Gasteiger partial charge on any atom is -0.383 e. The summed E-state index contributed by atoms with van der Waals surface area (Å²) >= 11 is 0. The predicted octanol–water partition coefficient (Wildman–Crippen LogP) is -0.247. The third-order valence-corrected chi connectivity index (χ3v) is 4.76. The van der Waals surface area contributed by atoms with Crippen LogP contribution in [0.25, 0.3) is 0 Å². The number of aromatic amines is 1. The van der Waals surface area contributed by atoms with Gasteiger partial charge < -0.3 is 5.73 Å². The average molecular weight is 273 g/mol. The molecule has 0 spiro atoms. The highest BCUT2D eigenvalue weighted by Crippen LogP contribution is 2.26. The van der Waals surface area contributed by atoms with Gasteiger partial charge in [0.05, 0.1) is 6.20 Å². The summed E-state index contributed by atoms with van der Waals surface area (Å²) in [5.74, 6) is 0.0608. The predicted molar refractivity (Wildman–Crippen MR) is 68.4 cm³/mol. The minimum absolute atomic E-state index is 0.00350. The average Bonchev–Trinajstić information content (AvgIpc) is 3.07. The van der Waals surface area contributed by atoms with Gasteiger partial charge in [-0.15, -0.1) is 0 Å². The van der Waals surface area contributed by atoms with Crippen LogP contribution < -0.4 is 10.5 Å². The van der Waals surface area contributed by atoms with Crippen LogP contribution in [0.1, 0.15) is 19.8 Å². The van der Waals surface area contributed by atoms with Gasteiger partial charge in [-0.25, -0.2) is 13.1 Å². The van der Waals surface area contributed by atoms with Crippen molar-refractivity contribution in [3.05, 3.63) is 6.20 Å².